The summed E-state index contributed by atoms with van der Waals surface area (Å²) in [6.07, 6.45) is -0.00294. The number of halogens is 1. The van der Waals surface area contributed by atoms with Gasteiger partial charge >= 0.3 is 0 Å². The molecule has 0 aliphatic heterocycles. The molecule has 1 unspecified atom stereocenters. The molecule has 0 bridgehead atoms. The van der Waals surface area contributed by atoms with Crippen molar-refractivity contribution in [2.45, 2.75) is 45.6 Å². The van der Waals surface area contributed by atoms with Gasteiger partial charge in [0.25, 0.3) is 5.91 Å². The van der Waals surface area contributed by atoms with Crippen molar-refractivity contribution in [1.82, 2.24) is 5.32 Å². The first-order valence-electron chi connectivity index (χ1n) is 9.23. The smallest absolute Gasteiger partial charge is 0.261 e. The molecule has 0 saturated heterocycles. The van der Waals surface area contributed by atoms with Crippen molar-refractivity contribution >= 4 is 17.5 Å². The van der Waals surface area contributed by atoms with Crippen LogP contribution in [0.2, 0.25) is 5.02 Å². The zero-order valence-corrected chi connectivity index (χ0v) is 17.2. The molecule has 0 fully saturated rings. The number of rotatable bonds is 8. The number of nitrogens with one attached hydrogen (secondary N) is 1. The van der Waals surface area contributed by atoms with E-state index in [0.717, 1.165) is 11.3 Å². The molecule has 0 aromatic heterocycles. The van der Waals surface area contributed by atoms with E-state index in [1.54, 1.807) is 24.3 Å². The van der Waals surface area contributed by atoms with Crippen LogP contribution in [-0.4, -0.2) is 25.2 Å². The zero-order chi connectivity index (χ0) is 19.9. The minimum atomic E-state index is -0.565. The van der Waals surface area contributed by atoms with Crippen LogP contribution in [0.25, 0.3) is 0 Å². The minimum Gasteiger partial charge on any atom is -0.491 e. The molecular formula is C22H28ClNO3. The Morgan fingerprint density at radius 1 is 1.15 bits per heavy atom. The summed E-state index contributed by atoms with van der Waals surface area (Å²) in [5.74, 6) is 1.27. The van der Waals surface area contributed by atoms with E-state index in [-0.39, 0.29) is 11.3 Å². The Kier molecular flexibility index (Phi) is 7.55. The molecule has 146 valence electrons. The molecule has 5 heteroatoms. The number of carbonyl (C=O) groups is 1. The number of para-hydroxylation sites is 1. The van der Waals surface area contributed by atoms with Gasteiger partial charge in [-0.1, -0.05) is 63.6 Å². The lowest BCUT2D eigenvalue weighted by Crippen LogP contribution is -2.39. The van der Waals surface area contributed by atoms with Crippen LogP contribution >= 0.6 is 11.6 Å². The van der Waals surface area contributed by atoms with E-state index in [1.807, 2.05) is 25.1 Å². The number of carbonyl (C=O) groups excluding carboxylic acids is 1. The Morgan fingerprint density at radius 3 is 2.56 bits per heavy atom. The monoisotopic (exact) mass is 389 g/mol. The Balaban J connectivity index is 1.85. The van der Waals surface area contributed by atoms with Crippen LogP contribution in [0.4, 0.5) is 0 Å². The third kappa shape index (κ3) is 6.47. The maximum absolute atomic E-state index is 12.4. The molecule has 0 aliphatic rings. The summed E-state index contributed by atoms with van der Waals surface area (Å²) in [6, 6.07) is 15.0. The first-order valence-corrected chi connectivity index (χ1v) is 9.61. The Bertz CT molecular complexity index is 755. The molecule has 0 saturated carbocycles. The molecular weight excluding hydrogens is 362 g/mol. The third-order valence-electron chi connectivity index (χ3n) is 4.09. The number of benzene rings is 2. The molecule has 0 heterocycles. The SMILES string of the molecule is CCC(Oc1cccc(Cl)c1)C(=O)NCCOc1ccccc1C(C)(C)C. The van der Waals surface area contributed by atoms with Gasteiger partial charge in [-0.05, 0) is 41.7 Å². The van der Waals surface area contributed by atoms with E-state index in [9.17, 15) is 4.79 Å². The van der Waals surface area contributed by atoms with Gasteiger partial charge in [-0.3, -0.25) is 4.79 Å². The lowest BCUT2D eigenvalue weighted by molar-refractivity contribution is -0.128. The second-order valence-electron chi connectivity index (χ2n) is 7.36. The fourth-order valence-corrected chi connectivity index (χ4v) is 2.87. The molecule has 1 amide bonds. The Morgan fingerprint density at radius 2 is 1.89 bits per heavy atom. The Labute approximate surface area is 166 Å². The van der Waals surface area contributed by atoms with Gasteiger partial charge in [-0.15, -0.1) is 0 Å². The van der Waals surface area contributed by atoms with Crippen LogP contribution in [-0.2, 0) is 10.2 Å². The number of amides is 1. The van der Waals surface area contributed by atoms with E-state index in [1.165, 1.54) is 0 Å². The maximum atomic E-state index is 12.4. The maximum Gasteiger partial charge on any atom is 0.261 e. The van der Waals surface area contributed by atoms with Crippen molar-refractivity contribution in [2.75, 3.05) is 13.2 Å². The summed E-state index contributed by atoms with van der Waals surface area (Å²) in [7, 11) is 0. The van der Waals surface area contributed by atoms with Crippen LogP contribution in [0.1, 0.15) is 39.7 Å². The second kappa shape index (κ2) is 9.65. The predicted molar refractivity (Wildman–Crippen MR) is 110 cm³/mol. The summed E-state index contributed by atoms with van der Waals surface area (Å²) in [4.78, 5) is 12.4. The normalized spacial score (nSPS) is 12.3. The van der Waals surface area contributed by atoms with E-state index in [2.05, 4.69) is 32.2 Å². The van der Waals surface area contributed by atoms with Crippen molar-refractivity contribution in [3.63, 3.8) is 0 Å². The van der Waals surface area contributed by atoms with E-state index in [4.69, 9.17) is 21.1 Å². The third-order valence-corrected chi connectivity index (χ3v) is 4.33. The summed E-state index contributed by atoms with van der Waals surface area (Å²) in [6.45, 7) is 9.16. The Hall–Kier alpha value is -2.20. The van der Waals surface area contributed by atoms with E-state index < -0.39 is 6.10 Å². The quantitative estimate of drug-likeness (QED) is 0.647. The van der Waals surface area contributed by atoms with Gasteiger partial charge in [0.2, 0.25) is 0 Å². The molecule has 1 atom stereocenters. The standard InChI is InChI=1S/C22H28ClNO3/c1-5-19(27-17-10-8-9-16(23)15-17)21(25)24-13-14-26-20-12-7-6-11-18(20)22(2,3)4/h6-12,15,19H,5,13-14H2,1-4H3,(H,24,25). The first kappa shape index (κ1) is 21.1. The highest BCUT2D eigenvalue weighted by Crippen LogP contribution is 2.30. The molecule has 2 rings (SSSR count). The predicted octanol–water partition coefficient (Wildman–Crippen LogP) is 4.99. The average Bonchev–Trinajstić information content (AvgIpc) is 2.62. The van der Waals surface area contributed by atoms with Gasteiger partial charge in [0.05, 0.1) is 6.54 Å². The van der Waals surface area contributed by atoms with Crippen molar-refractivity contribution in [2.24, 2.45) is 0 Å². The van der Waals surface area contributed by atoms with Gasteiger partial charge in [0.15, 0.2) is 6.10 Å². The van der Waals surface area contributed by atoms with Crippen LogP contribution in [0.3, 0.4) is 0 Å². The number of hydrogen-bond donors (Lipinski definition) is 1. The van der Waals surface area contributed by atoms with E-state index in [0.29, 0.717) is 30.3 Å². The highest BCUT2D eigenvalue weighted by atomic mass is 35.5. The highest BCUT2D eigenvalue weighted by Gasteiger charge is 2.20. The fraction of sp³-hybridized carbons (Fsp3) is 0.409. The van der Waals surface area contributed by atoms with Crippen molar-refractivity contribution in [3.8, 4) is 11.5 Å². The first-order chi connectivity index (χ1) is 12.8. The molecule has 2 aromatic rings. The van der Waals surface area contributed by atoms with Crippen molar-refractivity contribution in [3.05, 3.63) is 59.1 Å². The molecule has 27 heavy (non-hydrogen) atoms. The highest BCUT2D eigenvalue weighted by molar-refractivity contribution is 6.30. The van der Waals surface area contributed by atoms with Crippen molar-refractivity contribution < 1.29 is 14.3 Å². The molecule has 2 aromatic carbocycles. The molecule has 0 spiro atoms. The summed E-state index contributed by atoms with van der Waals surface area (Å²) >= 11 is 5.96. The van der Waals surface area contributed by atoms with Gasteiger partial charge < -0.3 is 14.8 Å². The molecule has 0 aliphatic carbocycles. The van der Waals surface area contributed by atoms with Crippen LogP contribution in [0, 0.1) is 0 Å². The topological polar surface area (TPSA) is 47.6 Å². The summed E-state index contributed by atoms with van der Waals surface area (Å²) in [5.41, 5.74) is 1.14. The number of hydrogen-bond acceptors (Lipinski definition) is 3. The minimum absolute atomic E-state index is 0.00204. The van der Waals surface area contributed by atoms with E-state index >= 15 is 0 Å². The molecule has 4 nitrogen and oxygen atoms in total. The van der Waals surface area contributed by atoms with Gasteiger partial charge in [0, 0.05) is 5.02 Å². The summed E-state index contributed by atoms with van der Waals surface area (Å²) in [5, 5.41) is 3.45. The van der Waals surface area contributed by atoms with Crippen LogP contribution in [0.5, 0.6) is 11.5 Å². The van der Waals surface area contributed by atoms with Gasteiger partial charge in [-0.2, -0.15) is 0 Å². The summed E-state index contributed by atoms with van der Waals surface area (Å²) < 4.78 is 11.6. The lowest BCUT2D eigenvalue weighted by atomic mass is 9.86. The van der Waals surface area contributed by atoms with Gasteiger partial charge in [0.1, 0.15) is 18.1 Å². The largest absolute Gasteiger partial charge is 0.491 e. The van der Waals surface area contributed by atoms with Crippen molar-refractivity contribution in [1.29, 1.82) is 0 Å². The molecule has 1 N–H and O–H groups in total. The zero-order valence-electron chi connectivity index (χ0n) is 16.4. The fourth-order valence-electron chi connectivity index (χ4n) is 2.69. The average molecular weight is 390 g/mol. The van der Waals surface area contributed by atoms with Gasteiger partial charge in [-0.25, -0.2) is 0 Å². The van der Waals surface area contributed by atoms with Crippen LogP contribution < -0.4 is 14.8 Å². The second-order valence-corrected chi connectivity index (χ2v) is 7.79. The van der Waals surface area contributed by atoms with Crippen LogP contribution in [0.15, 0.2) is 48.5 Å². The lowest BCUT2D eigenvalue weighted by Gasteiger charge is -2.23. The molecule has 0 radical (unpaired) electrons. The number of ether oxygens (including phenoxy) is 2.